The van der Waals surface area contributed by atoms with Gasteiger partial charge in [-0.2, -0.15) is 0 Å². The second-order valence-electron chi connectivity index (χ2n) is 5.12. The summed E-state index contributed by atoms with van der Waals surface area (Å²) in [6, 6.07) is 0. The van der Waals surface area contributed by atoms with Gasteiger partial charge in [-0.25, -0.2) is 9.97 Å². The van der Waals surface area contributed by atoms with Crippen molar-refractivity contribution in [2.45, 2.75) is 59.0 Å². The maximum absolute atomic E-state index is 5.64. The van der Waals surface area contributed by atoms with E-state index in [2.05, 4.69) is 47.0 Å². The molecule has 0 spiro atoms. The molecule has 0 aromatic carbocycles. The Morgan fingerprint density at radius 2 is 1.90 bits per heavy atom. The fourth-order valence-corrected chi connectivity index (χ4v) is 2.40. The Hall–Kier alpha value is -0.680. The SMILES string of the molecule is CCCNc1nc(C(C)(CC)OC)nc(CCC)c1Br. The minimum absolute atomic E-state index is 0.439. The summed E-state index contributed by atoms with van der Waals surface area (Å²) >= 11 is 3.63. The highest BCUT2D eigenvalue weighted by Crippen LogP contribution is 2.31. The minimum Gasteiger partial charge on any atom is -0.371 e. The van der Waals surface area contributed by atoms with E-state index in [1.807, 2.05) is 6.92 Å². The van der Waals surface area contributed by atoms with Crippen LogP contribution in [0.15, 0.2) is 4.47 Å². The van der Waals surface area contributed by atoms with Gasteiger partial charge in [-0.3, -0.25) is 0 Å². The molecule has 1 N–H and O–H groups in total. The average molecular weight is 344 g/mol. The number of halogens is 1. The van der Waals surface area contributed by atoms with E-state index in [9.17, 15) is 0 Å². The number of aromatic nitrogens is 2. The largest absolute Gasteiger partial charge is 0.371 e. The van der Waals surface area contributed by atoms with Crippen LogP contribution < -0.4 is 5.32 Å². The lowest BCUT2D eigenvalue weighted by Gasteiger charge is -2.26. The summed E-state index contributed by atoms with van der Waals surface area (Å²) in [5, 5.41) is 3.37. The Morgan fingerprint density at radius 3 is 2.40 bits per heavy atom. The minimum atomic E-state index is -0.439. The van der Waals surface area contributed by atoms with Crippen molar-refractivity contribution in [3.8, 4) is 0 Å². The van der Waals surface area contributed by atoms with E-state index in [-0.39, 0.29) is 0 Å². The van der Waals surface area contributed by atoms with Crippen LogP contribution in [0.5, 0.6) is 0 Å². The maximum Gasteiger partial charge on any atom is 0.162 e. The third kappa shape index (κ3) is 3.92. The third-order valence-corrected chi connectivity index (χ3v) is 4.38. The van der Waals surface area contributed by atoms with E-state index in [4.69, 9.17) is 9.72 Å². The Kier molecular flexibility index (Phi) is 6.89. The molecule has 20 heavy (non-hydrogen) atoms. The van der Waals surface area contributed by atoms with Crippen molar-refractivity contribution < 1.29 is 4.74 Å². The number of methoxy groups -OCH3 is 1. The number of hydrogen-bond acceptors (Lipinski definition) is 4. The van der Waals surface area contributed by atoms with Crippen LogP contribution in [-0.2, 0) is 16.8 Å². The number of anilines is 1. The standard InChI is InChI=1S/C15H26BrN3O/c1-6-9-11-12(16)13(17-10-7-2)19-14(18-11)15(4,8-3)20-5/h6-10H2,1-5H3,(H,17,18,19). The molecular weight excluding hydrogens is 318 g/mol. The van der Waals surface area contributed by atoms with Crippen LogP contribution in [0.2, 0.25) is 0 Å². The lowest BCUT2D eigenvalue weighted by Crippen LogP contribution is -2.27. The van der Waals surface area contributed by atoms with Gasteiger partial charge in [0, 0.05) is 13.7 Å². The van der Waals surface area contributed by atoms with Gasteiger partial charge in [-0.05, 0) is 42.1 Å². The first kappa shape index (κ1) is 17.4. The molecule has 4 nitrogen and oxygen atoms in total. The van der Waals surface area contributed by atoms with Crippen molar-refractivity contribution in [3.63, 3.8) is 0 Å². The predicted octanol–water partition coefficient (Wildman–Crippen LogP) is 4.29. The number of nitrogens with zero attached hydrogens (tertiary/aromatic N) is 2. The molecule has 5 heteroatoms. The molecule has 0 saturated heterocycles. The molecule has 0 aliphatic carbocycles. The van der Waals surface area contributed by atoms with E-state index in [0.29, 0.717) is 0 Å². The van der Waals surface area contributed by atoms with Gasteiger partial charge in [-0.1, -0.05) is 27.2 Å². The van der Waals surface area contributed by atoms with E-state index in [1.54, 1.807) is 7.11 Å². The molecule has 0 radical (unpaired) electrons. The summed E-state index contributed by atoms with van der Waals surface area (Å²) in [4.78, 5) is 9.39. The summed E-state index contributed by atoms with van der Waals surface area (Å²) < 4.78 is 6.62. The molecular formula is C15H26BrN3O. The molecule has 1 aromatic rings. The van der Waals surface area contributed by atoms with Gasteiger partial charge in [0.25, 0.3) is 0 Å². The highest BCUT2D eigenvalue weighted by molar-refractivity contribution is 9.10. The fraction of sp³-hybridized carbons (Fsp3) is 0.733. The average Bonchev–Trinajstić information content (AvgIpc) is 2.47. The topological polar surface area (TPSA) is 47.0 Å². The summed E-state index contributed by atoms with van der Waals surface area (Å²) in [7, 11) is 1.72. The van der Waals surface area contributed by atoms with Crippen LogP contribution in [0.4, 0.5) is 5.82 Å². The van der Waals surface area contributed by atoms with Crippen LogP contribution in [0.25, 0.3) is 0 Å². The lowest BCUT2D eigenvalue weighted by molar-refractivity contribution is -0.00907. The van der Waals surface area contributed by atoms with Gasteiger partial charge in [-0.15, -0.1) is 0 Å². The molecule has 0 fully saturated rings. The molecule has 0 amide bonds. The van der Waals surface area contributed by atoms with Crippen LogP contribution in [0.1, 0.15) is 58.5 Å². The van der Waals surface area contributed by atoms with Gasteiger partial charge in [0.15, 0.2) is 5.82 Å². The lowest BCUT2D eigenvalue weighted by atomic mass is 10.0. The van der Waals surface area contributed by atoms with Crippen LogP contribution in [0.3, 0.4) is 0 Å². The van der Waals surface area contributed by atoms with E-state index in [1.165, 1.54) is 0 Å². The second-order valence-corrected chi connectivity index (χ2v) is 5.91. The number of nitrogens with one attached hydrogen (secondary N) is 1. The summed E-state index contributed by atoms with van der Waals surface area (Å²) in [5.74, 6) is 1.63. The predicted molar refractivity (Wildman–Crippen MR) is 87.2 cm³/mol. The molecule has 114 valence electrons. The van der Waals surface area contributed by atoms with Crippen molar-refractivity contribution in [3.05, 3.63) is 16.0 Å². The number of ether oxygens (including phenoxy) is 1. The first-order valence-corrected chi connectivity index (χ1v) is 8.17. The molecule has 1 aromatic heterocycles. The first-order chi connectivity index (χ1) is 9.52. The van der Waals surface area contributed by atoms with Gasteiger partial charge >= 0.3 is 0 Å². The van der Waals surface area contributed by atoms with Crippen LogP contribution in [0, 0.1) is 0 Å². The number of aryl methyl sites for hydroxylation is 1. The van der Waals surface area contributed by atoms with Crippen molar-refractivity contribution in [1.29, 1.82) is 0 Å². The molecule has 1 heterocycles. The zero-order chi connectivity index (χ0) is 15.2. The molecule has 0 saturated carbocycles. The Labute approximate surface area is 130 Å². The van der Waals surface area contributed by atoms with Gasteiger partial charge in [0.2, 0.25) is 0 Å². The van der Waals surface area contributed by atoms with Gasteiger partial charge in [0.1, 0.15) is 11.4 Å². The Morgan fingerprint density at radius 1 is 1.20 bits per heavy atom. The molecule has 0 aliphatic heterocycles. The van der Waals surface area contributed by atoms with E-state index in [0.717, 1.165) is 54.0 Å². The molecule has 1 rings (SSSR count). The van der Waals surface area contributed by atoms with Crippen molar-refractivity contribution in [1.82, 2.24) is 9.97 Å². The molecule has 0 bridgehead atoms. The molecule has 0 aliphatic rings. The zero-order valence-corrected chi connectivity index (χ0v) is 14.8. The molecule has 1 unspecified atom stereocenters. The van der Waals surface area contributed by atoms with E-state index < -0.39 is 5.60 Å². The van der Waals surface area contributed by atoms with E-state index >= 15 is 0 Å². The highest BCUT2D eigenvalue weighted by Gasteiger charge is 2.29. The zero-order valence-electron chi connectivity index (χ0n) is 13.2. The second kappa shape index (κ2) is 7.93. The smallest absolute Gasteiger partial charge is 0.162 e. The quantitative estimate of drug-likeness (QED) is 0.764. The Bertz CT molecular complexity index is 433. The summed E-state index contributed by atoms with van der Waals surface area (Å²) in [6.07, 6.45) is 3.88. The maximum atomic E-state index is 5.64. The Balaban J connectivity index is 3.27. The summed E-state index contributed by atoms with van der Waals surface area (Å²) in [6.45, 7) is 9.32. The summed E-state index contributed by atoms with van der Waals surface area (Å²) in [5.41, 5.74) is 0.610. The van der Waals surface area contributed by atoms with Gasteiger partial charge in [0.05, 0.1) is 10.2 Å². The van der Waals surface area contributed by atoms with Crippen molar-refractivity contribution >= 4 is 21.7 Å². The number of rotatable bonds is 8. The monoisotopic (exact) mass is 343 g/mol. The number of hydrogen-bond donors (Lipinski definition) is 1. The fourth-order valence-electron chi connectivity index (χ4n) is 1.89. The van der Waals surface area contributed by atoms with Crippen LogP contribution >= 0.6 is 15.9 Å². The molecule has 1 atom stereocenters. The van der Waals surface area contributed by atoms with Crippen molar-refractivity contribution in [2.24, 2.45) is 0 Å². The third-order valence-electron chi connectivity index (χ3n) is 3.55. The van der Waals surface area contributed by atoms with Crippen LogP contribution in [-0.4, -0.2) is 23.6 Å². The van der Waals surface area contributed by atoms with Crippen molar-refractivity contribution in [2.75, 3.05) is 19.0 Å². The van der Waals surface area contributed by atoms with Gasteiger partial charge < -0.3 is 10.1 Å². The normalized spacial score (nSPS) is 14.1. The highest BCUT2D eigenvalue weighted by atomic mass is 79.9. The first-order valence-electron chi connectivity index (χ1n) is 7.38.